The van der Waals surface area contributed by atoms with Crippen molar-refractivity contribution in [3.05, 3.63) is 89.9 Å². The standard InChI is InChI=1S/C24H15ClN2O3/c25-20-8-2-5-17-18(20)6-1-7-19(17)24-27-21-14-15(9-11-22(21)30-24)26-23(28)12-10-16-4-3-13-29-16/h1-14H,(H,26,28)/b12-10+. The predicted molar refractivity (Wildman–Crippen MR) is 118 cm³/mol. The van der Waals surface area contributed by atoms with Crippen LogP contribution in [0.15, 0.2) is 87.9 Å². The maximum absolute atomic E-state index is 12.2. The fourth-order valence-corrected chi connectivity index (χ4v) is 3.54. The Kier molecular flexibility index (Phi) is 4.58. The normalized spacial score (nSPS) is 11.5. The van der Waals surface area contributed by atoms with Crippen molar-refractivity contribution in [2.75, 3.05) is 5.32 Å². The highest BCUT2D eigenvalue weighted by Gasteiger charge is 2.13. The number of aromatic nitrogens is 1. The molecule has 0 unspecified atom stereocenters. The molecule has 0 saturated heterocycles. The zero-order valence-corrected chi connectivity index (χ0v) is 16.4. The monoisotopic (exact) mass is 414 g/mol. The van der Waals surface area contributed by atoms with Crippen molar-refractivity contribution in [2.24, 2.45) is 0 Å². The summed E-state index contributed by atoms with van der Waals surface area (Å²) < 4.78 is 11.1. The first-order valence-corrected chi connectivity index (χ1v) is 9.66. The van der Waals surface area contributed by atoms with Gasteiger partial charge in [-0.15, -0.1) is 0 Å². The van der Waals surface area contributed by atoms with E-state index >= 15 is 0 Å². The van der Waals surface area contributed by atoms with E-state index in [1.165, 1.54) is 6.08 Å². The molecule has 3 aromatic carbocycles. The summed E-state index contributed by atoms with van der Waals surface area (Å²) in [6.45, 7) is 0. The number of hydrogen-bond acceptors (Lipinski definition) is 4. The maximum Gasteiger partial charge on any atom is 0.248 e. The smallest absolute Gasteiger partial charge is 0.248 e. The Bertz CT molecular complexity index is 1400. The van der Waals surface area contributed by atoms with Gasteiger partial charge in [0.15, 0.2) is 5.58 Å². The van der Waals surface area contributed by atoms with E-state index in [4.69, 9.17) is 20.4 Å². The van der Waals surface area contributed by atoms with Gasteiger partial charge in [-0.2, -0.15) is 0 Å². The van der Waals surface area contributed by atoms with Crippen molar-refractivity contribution >= 4 is 51.1 Å². The van der Waals surface area contributed by atoms with Crippen molar-refractivity contribution in [2.45, 2.75) is 0 Å². The number of oxazole rings is 1. The molecule has 0 aliphatic rings. The lowest BCUT2D eigenvalue weighted by molar-refractivity contribution is -0.111. The largest absolute Gasteiger partial charge is 0.465 e. The van der Waals surface area contributed by atoms with E-state index in [0.717, 1.165) is 16.3 Å². The number of rotatable bonds is 4. The van der Waals surface area contributed by atoms with Gasteiger partial charge >= 0.3 is 0 Å². The number of nitrogens with zero attached hydrogens (tertiary/aromatic N) is 1. The maximum atomic E-state index is 12.2. The summed E-state index contributed by atoms with van der Waals surface area (Å²) in [6.07, 6.45) is 4.57. The predicted octanol–water partition coefficient (Wildman–Crippen LogP) is 6.55. The minimum Gasteiger partial charge on any atom is -0.465 e. The Morgan fingerprint density at radius 3 is 2.73 bits per heavy atom. The van der Waals surface area contributed by atoms with Gasteiger partial charge in [-0.1, -0.05) is 35.9 Å². The third-order valence-electron chi connectivity index (χ3n) is 4.70. The number of carbonyl (C=O) groups is 1. The SMILES string of the molecule is O=C(/C=C/c1ccco1)Nc1ccc2oc(-c3cccc4c(Cl)cccc34)nc2c1. The molecule has 6 heteroatoms. The summed E-state index contributed by atoms with van der Waals surface area (Å²) >= 11 is 6.32. The molecule has 0 bridgehead atoms. The highest BCUT2D eigenvalue weighted by atomic mass is 35.5. The molecule has 5 nitrogen and oxygen atoms in total. The molecule has 0 atom stereocenters. The molecule has 1 N–H and O–H groups in total. The van der Waals surface area contributed by atoms with Crippen LogP contribution in [0.5, 0.6) is 0 Å². The van der Waals surface area contributed by atoms with Crippen molar-refractivity contribution in [3.8, 4) is 11.5 Å². The van der Waals surface area contributed by atoms with Gasteiger partial charge < -0.3 is 14.2 Å². The molecule has 1 amide bonds. The molecule has 0 aliphatic carbocycles. The second kappa shape index (κ2) is 7.54. The molecule has 2 heterocycles. The number of hydrogen-bond donors (Lipinski definition) is 1. The Labute approximate surface area is 176 Å². The van der Waals surface area contributed by atoms with Crippen LogP contribution in [0.25, 0.3) is 39.4 Å². The zero-order valence-electron chi connectivity index (χ0n) is 15.6. The molecule has 5 rings (SSSR count). The first-order valence-electron chi connectivity index (χ1n) is 9.28. The van der Waals surface area contributed by atoms with E-state index in [9.17, 15) is 4.79 Å². The summed E-state index contributed by atoms with van der Waals surface area (Å²) in [6, 6.07) is 20.5. The second-order valence-corrected chi connectivity index (χ2v) is 7.09. The van der Waals surface area contributed by atoms with Crippen molar-refractivity contribution in [1.29, 1.82) is 0 Å². The van der Waals surface area contributed by atoms with Crippen LogP contribution in [-0.2, 0) is 4.79 Å². The third kappa shape index (κ3) is 3.47. The number of benzene rings is 3. The van der Waals surface area contributed by atoms with Gasteiger partial charge in [0.1, 0.15) is 11.3 Å². The minimum atomic E-state index is -0.266. The lowest BCUT2D eigenvalue weighted by Crippen LogP contribution is -2.07. The number of amides is 1. The van der Waals surface area contributed by atoms with Gasteiger partial charge in [-0.3, -0.25) is 4.79 Å². The van der Waals surface area contributed by atoms with E-state index in [1.807, 2.05) is 36.4 Å². The van der Waals surface area contributed by atoms with E-state index in [0.29, 0.717) is 33.5 Å². The van der Waals surface area contributed by atoms with E-state index in [2.05, 4.69) is 10.3 Å². The lowest BCUT2D eigenvalue weighted by Gasteiger charge is -2.04. The summed E-state index contributed by atoms with van der Waals surface area (Å²) in [5.74, 6) is 0.842. The lowest BCUT2D eigenvalue weighted by atomic mass is 10.0. The summed E-state index contributed by atoms with van der Waals surface area (Å²) in [5.41, 5.74) is 2.76. The van der Waals surface area contributed by atoms with E-state index in [1.54, 1.807) is 42.7 Å². The fourth-order valence-electron chi connectivity index (χ4n) is 3.31. The molecular formula is C24H15ClN2O3. The van der Waals surface area contributed by atoms with Gasteiger partial charge in [0.25, 0.3) is 0 Å². The molecule has 146 valence electrons. The summed E-state index contributed by atoms with van der Waals surface area (Å²) in [7, 11) is 0. The van der Waals surface area contributed by atoms with E-state index in [-0.39, 0.29) is 5.91 Å². The summed E-state index contributed by atoms with van der Waals surface area (Å²) in [4.78, 5) is 16.8. The van der Waals surface area contributed by atoms with Crippen LogP contribution in [0.1, 0.15) is 5.76 Å². The molecule has 0 fully saturated rings. The number of furan rings is 1. The zero-order chi connectivity index (χ0) is 20.5. The molecule has 5 aromatic rings. The van der Waals surface area contributed by atoms with Crippen LogP contribution in [0, 0.1) is 0 Å². The molecule has 0 saturated carbocycles. The average molecular weight is 415 g/mol. The van der Waals surface area contributed by atoms with Crippen LogP contribution in [0.4, 0.5) is 5.69 Å². The molecule has 0 aliphatic heterocycles. The summed E-state index contributed by atoms with van der Waals surface area (Å²) in [5, 5.41) is 5.40. The van der Waals surface area contributed by atoms with Gasteiger partial charge in [0.05, 0.1) is 6.26 Å². The van der Waals surface area contributed by atoms with Crippen LogP contribution < -0.4 is 5.32 Å². The molecule has 30 heavy (non-hydrogen) atoms. The van der Waals surface area contributed by atoms with Crippen molar-refractivity contribution in [1.82, 2.24) is 4.98 Å². The van der Waals surface area contributed by atoms with Crippen LogP contribution >= 0.6 is 11.6 Å². The third-order valence-corrected chi connectivity index (χ3v) is 5.03. The average Bonchev–Trinajstić information content (AvgIpc) is 3.42. The van der Waals surface area contributed by atoms with Crippen LogP contribution in [0.2, 0.25) is 5.02 Å². The number of fused-ring (bicyclic) bond motifs is 2. The quantitative estimate of drug-likeness (QED) is 0.339. The van der Waals surface area contributed by atoms with Crippen LogP contribution in [-0.4, -0.2) is 10.9 Å². The molecule has 0 spiro atoms. The number of anilines is 1. The van der Waals surface area contributed by atoms with Crippen LogP contribution in [0.3, 0.4) is 0 Å². The highest BCUT2D eigenvalue weighted by Crippen LogP contribution is 2.33. The first kappa shape index (κ1) is 18.2. The van der Waals surface area contributed by atoms with Crippen molar-refractivity contribution in [3.63, 3.8) is 0 Å². The molecule has 0 radical (unpaired) electrons. The highest BCUT2D eigenvalue weighted by molar-refractivity contribution is 6.35. The second-order valence-electron chi connectivity index (χ2n) is 6.68. The molecule has 2 aromatic heterocycles. The van der Waals surface area contributed by atoms with Gasteiger partial charge in [0.2, 0.25) is 11.8 Å². The van der Waals surface area contributed by atoms with E-state index < -0.39 is 0 Å². The number of halogens is 1. The van der Waals surface area contributed by atoms with Crippen molar-refractivity contribution < 1.29 is 13.6 Å². The first-order chi connectivity index (χ1) is 14.7. The Morgan fingerprint density at radius 2 is 1.87 bits per heavy atom. The number of carbonyl (C=O) groups excluding carboxylic acids is 1. The Balaban J connectivity index is 1.45. The Hall–Kier alpha value is -3.83. The fraction of sp³-hybridized carbons (Fsp3) is 0. The van der Waals surface area contributed by atoms with Gasteiger partial charge in [-0.25, -0.2) is 4.98 Å². The number of nitrogens with one attached hydrogen (secondary N) is 1. The van der Waals surface area contributed by atoms with Gasteiger partial charge in [-0.05, 0) is 53.9 Å². The van der Waals surface area contributed by atoms with Gasteiger partial charge in [0, 0.05) is 27.7 Å². The topological polar surface area (TPSA) is 68.3 Å². The molecular weight excluding hydrogens is 400 g/mol. The minimum absolute atomic E-state index is 0.266. The Morgan fingerprint density at radius 1 is 1.00 bits per heavy atom.